The second kappa shape index (κ2) is 6.24. The minimum Gasteiger partial charge on any atom is -0.427 e. The number of rotatable bonds is 5. The molecule has 7 heteroatoms. The second-order valence-electron chi connectivity index (χ2n) is 5.06. The van der Waals surface area contributed by atoms with Crippen molar-refractivity contribution in [2.24, 2.45) is 5.41 Å². The zero-order valence-electron chi connectivity index (χ0n) is 11.4. The molecule has 0 amide bonds. The number of alkyl halides is 1. The Morgan fingerprint density at radius 1 is 1.29 bits per heavy atom. The van der Waals surface area contributed by atoms with Gasteiger partial charge in [0.15, 0.2) is 23.3 Å². The molecule has 2 nitrogen and oxygen atoms in total. The fourth-order valence-electron chi connectivity index (χ4n) is 1.42. The van der Waals surface area contributed by atoms with Crippen molar-refractivity contribution < 1.29 is 31.5 Å². The van der Waals surface area contributed by atoms with Crippen molar-refractivity contribution in [3.63, 3.8) is 0 Å². The fourth-order valence-corrected chi connectivity index (χ4v) is 1.42. The maximum Gasteiger partial charge on any atom is 0.309 e. The molecule has 0 aliphatic carbocycles. The highest BCUT2D eigenvalue weighted by atomic mass is 19.2. The van der Waals surface area contributed by atoms with Gasteiger partial charge in [0, 0.05) is 0 Å². The molecule has 116 valence electrons. The Bertz CT molecular complexity index is 569. The van der Waals surface area contributed by atoms with Crippen LogP contribution in [0.4, 0.5) is 22.0 Å². The van der Waals surface area contributed by atoms with Crippen molar-refractivity contribution in [2.45, 2.75) is 26.6 Å². The Hall–Kier alpha value is -1.92. The summed E-state index contributed by atoms with van der Waals surface area (Å²) in [7, 11) is 0. The first-order valence-electron chi connectivity index (χ1n) is 5.89. The van der Waals surface area contributed by atoms with Crippen molar-refractivity contribution in [1.29, 1.82) is 0 Å². The van der Waals surface area contributed by atoms with Gasteiger partial charge in [-0.1, -0.05) is 19.9 Å². The number of carbonyl (C=O) groups excluding carboxylic acids is 1. The van der Waals surface area contributed by atoms with Crippen LogP contribution >= 0.6 is 0 Å². The lowest BCUT2D eigenvalue weighted by Crippen LogP contribution is -2.18. The molecule has 1 rings (SSSR count). The maximum atomic E-state index is 13.7. The normalized spacial score (nSPS) is 12.9. The van der Waals surface area contributed by atoms with Gasteiger partial charge < -0.3 is 4.74 Å². The maximum absolute atomic E-state index is 13.7. The number of ether oxygens (including phenoxy) is 1. The molecule has 0 fully saturated rings. The van der Waals surface area contributed by atoms with E-state index in [0.717, 1.165) is 0 Å². The number of esters is 1. The molecule has 1 aromatic carbocycles. The molecule has 0 spiro atoms. The van der Waals surface area contributed by atoms with E-state index >= 15 is 0 Å². The molecule has 0 heterocycles. The first-order valence-corrected chi connectivity index (χ1v) is 5.89. The molecule has 0 aliphatic rings. The predicted octanol–water partition coefficient (Wildman–Crippen LogP) is 4.36. The van der Waals surface area contributed by atoms with Gasteiger partial charge >= 0.3 is 5.97 Å². The highest BCUT2D eigenvalue weighted by Gasteiger charge is 2.28. The third-order valence-corrected chi connectivity index (χ3v) is 2.76. The van der Waals surface area contributed by atoms with Gasteiger partial charge in [-0.2, -0.15) is 4.39 Å². The summed E-state index contributed by atoms with van der Waals surface area (Å²) in [6, 6.07) is 0.102. The number of carbonyl (C=O) groups is 1. The molecule has 0 saturated heterocycles. The number of hydrogen-bond donors (Lipinski definition) is 0. The first-order chi connectivity index (χ1) is 9.59. The average molecular weight is 308 g/mol. The van der Waals surface area contributed by atoms with Gasteiger partial charge in [0.05, 0.1) is 12.0 Å². The Labute approximate surface area is 118 Å². The zero-order valence-corrected chi connectivity index (χ0v) is 11.4. The van der Waals surface area contributed by atoms with Gasteiger partial charge in [0.1, 0.15) is 0 Å². The van der Waals surface area contributed by atoms with E-state index in [1.54, 1.807) is 13.8 Å². The molecular formula is C14H13F5O2. The Morgan fingerprint density at radius 3 is 2.38 bits per heavy atom. The summed E-state index contributed by atoms with van der Waals surface area (Å²) in [5.74, 6) is -9.03. The van der Waals surface area contributed by atoms with Crippen molar-refractivity contribution in [2.75, 3.05) is 0 Å². The fraction of sp³-hybridized carbons (Fsp3) is 0.357. The predicted molar refractivity (Wildman–Crippen MR) is 64.8 cm³/mol. The van der Waals surface area contributed by atoms with E-state index in [1.165, 1.54) is 6.08 Å². The van der Waals surface area contributed by atoms with Crippen LogP contribution in [-0.4, -0.2) is 5.97 Å². The van der Waals surface area contributed by atoms with Crippen LogP contribution in [0.2, 0.25) is 0 Å². The van der Waals surface area contributed by atoms with E-state index in [4.69, 9.17) is 0 Å². The van der Waals surface area contributed by atoms with Gasteiger partial charge in [0.25, 0.3) is 6.36 Å². The summed E-state index contributed by atoms with van der Waals surface area (Å²) >= 11 is 0. The standard InChI is InChI=1S/C14H13F5O2/c1-4-14(2,3)6-9(20)21-13(19)7-5-8(15)11(17)12(18)10(7)16/h4-5,13H,1,6H2,2-3H3. The minimum atomic E-state index is -2.75. The lowest BCUT2D eigenvalue weighted by atomic mass is 9.90. The topological polar surface area (TPSA) is 26.3 Å². The SMILES string of the molecule is C=CC(C)(C)CC(=O)OC(F)c1cc(F)c(F)c(F)c1F. The molecule has 1 aromatic rings. The minimum absolute atomic E-state index is 0.102. The average Bonchev–Trinajstić information content (AvgIpc) is 2.39. The Kier molecular flexibility index (Phi) is 5.09. The Balaban J connectivity index is 2.93. The van der Waals surface area contributed by atoms with Crippen molar-refractivity contribution in [3.8, 4) is 0 Å². The van der Waals surface area contributed by atoms with Gasteiger partial charge in [-0.25, -0.2) is 17.6 Å². The van der Waals surface area contributed by atoms with Crippen LogP contribution in [0.5, 0.6) is 0 Å². The third kappa shape index (κ3) is 4.03. The van der Waals surface area contributed by atoms with E-state index in [1.807, 2.05) is 0 Å². The van der Waals surface area contributed by atoms with E-state index < -0.39 is 46.6 Å². The van der Waals surface area contributed by atoms with Gasteiger partial charge in [-0.3, -0.25) is 4.79 Å². The van der Waals surface area contributed by atoms with Gasteiger partial charge in [-0.15, -0.1) is 6.58 Å². The van der Waals surface area contributed by atoms with Crippen molar-refractivity contribution in [3.05, 3.63) is 47.6 Å². The van der Waals surface area contributed by atoms with Crippen LogP contribution < -0.4 is 0 Å². The van der Waals surface area contributed by atoms with Crippen LogP contribution in [-0.2, 0) is 9.53 Å². The van der Waals surface area contributed by atoms with Crippen LogP contribution in [0.1, 0.15) is 32.2 Å². The lowest BCUT2D eigenvalue weighted by Gasteiger charge is -2.19. The van der Waals surface area contributed by atoms with Crippen molar-refractivity contribution in [1.82, 2.24) is 0 Å². The molecule has 0 N–H and O–H groups in total. The molecule has 1 unspecified atom stereocenters. The van der Waals surface area contributed by atoms with E-state index in [0.29, 0.717) is 0 Å². The van der Waals surface area contributed by atoms with E-state index in [-0.39, 0.29) is 12.5 Å². The summed E-state index contributed by atoms with van der Waals surface area (Å²) < 4.78 is 69.9. The lowest BCUT2D eigenvalue weighted by molar-refractivity contribution is -0.160. The third-order valence-electron chi connectivity index (χ3n) is 2.76. The van der Waals surface area contributed by atoms with E-state index in [2.05, 4.69) is 11.3 Å². The molecule has 0 aromatic heterocycles. The molecule has 1 atom stereocenters. The number of hydrogen-bond acceptors (Lipinski definition) is 2. The summed E-state index contributed by atoms with van der Waals surface area (Å²) in [6.45, 7) is 6.70. The smallest absolute Gasteiger partial charge is 0.309 e. The number of benzene rings is 1. The molecule has 21 heavy (non-hydrogen) atoms. The zero-order chi connectivity index (χ0) is 16.4. The molecule has 0 aliphatic heterocycles. The van der Waals surface area contributed by atoms with Crippen molar-refractivity contribution >= 4 is 5.97 Å². The van der Waals surface area contributed by atoms with E-state index in [9.17, 15) is 26.7 Å². The van der Waals surface area contributed by atoms with Crippen LogP contribution in [0, 0.1) is 28.7 Å². The number of halogens is 5. The monoisotopic (exact) mass is 308 g/mol. The summed E-state index contributed by atoms with van der Waals surface area (Å²) in [5.41, 5.74) is -1.93. The quantitative estimate of drug-likeness (QED) is 0.266. The molecular weight excluding hydrogens is 295 g/mol. The summed E-state index contributed by atoms with van der Waals surface area (Å²) in [4.78, 5) is 11.5. The highest BCUT2D eigenvalue weighted by Crippen LogP contribution is 2.29. The van der Waals surface area contributed by atoms with Crippen LogP contribution in [0.15, 0.2) is 18.7 Å². The van der Waals surface area contributed by atoms with Gasteiger partial charge in [0.2, 0.25) is 0 Å². The van der Waals surface area contributed by atoms with Crippen LogP contribution in [0.25, 0.3) is 0 Å². The first kappa shape index (κ1) is 17.1. The molecule has 0 saturated carbocycles. The van der Waals surface area contributed by atoms with Crippen LogP contribution in [0.3, 0.4) is 0 Å². The second-order valence-corrected chi connectivity index (χ2v) is 5.06. The molecule has 0 radical (unpaired) electrons. The number of allylic oxidation sites excluding steroid dienone is 1. The molecule has 0 bridgehead atoms. The summed E-state index contributed by atoms with van der Waals surface area (Å²) in [6.07, 6.45) is -1.59. The summed E-state index contributed by atoms with van der Waals surface area (Å²) in [5, 5.41) is 0. The van der Waals surface area contributed by atoms with Gasteiger partial charge in [-0.05, 0) is 11.5 Å². The largest absolute Gasteiger partial charge is 0.427 e. The highest BCUT2D eigenvalue weighted by molar-refractivity contribution is 5.70. The Morgan fingerprint density at radius 2 is 1.86 bits per heavy atom.